The van der Waals surface area contributed by atoms with Crippen molar-refractivity contribution in [3.05, 3.63) is 77.7 Å². The average Bonchev–Trinajstić information content (AvgIpc) is 2.74. The fraction of sp³-hybridized carbons (Fsp3) is 0.143. The highest BCUT2D eigenvalue weighted by molar-refractivity contribution is 5.88. The summed E-state index contributed by atoms with van der Waals surface area (Å²) in [4.78, 5) is 16.1. The number of aliphatic hydroxyl groups excluding tert-OH is 2. The zero-order valence-electron chi connectivity index (χ0n) is 15.0. The Kier molecular flexibility index (Phi) is 5.98. The number of ether oxygens (including phenoxy) is 2. The van der Waals surface area contributed by atoms with Crippen molar-refractivity contribution in [1.82, 2.24) is 4.98 Å². The van der Waals surface area contributed by atoms with Crippen molar-refractivity contribution in [2.75, 3.05) is 13.7 Å². The van der Waals surface area contributed by atoms with Crippen molar-refractivity contribution in [3.8, 4) is 22.8 Å². The Morgan fingerprint density at radius 2 is 1.68 bits per heavy atom. The number of hydrogen-bond donors (Lipinski definition) is 2. The van der Waals surface area contributed by atoms with Gasteiger partial charge in [-0.25, -0.2) is 14.2 Å². The van der Waals surface area contributed by atoms with E-state index in [0.29, 0.717) is 28.3 Å². The summed E-state index contributed by atoms with van der Waals surface area (Å²) >= 11 is 0. The summed E-state index contributed by atoms with van der Waals surface area (Å²) in [6, 6.07) is 15.5. The van der Waals surface area contributed by atoms with E-state index in [2.05, 4.69) is 4.98 Å². The molecule has 0 fully saturated rings. The van der Waals surface area contributed by atoms with E-state index < -0.39 is 18.7 Å². The lowest BCUT2D eigenvalue weighted by molar-refractivity contribution is 0.0592. The number of methoxy groups -OCH3 is 1. The van der Waals surface area contributed by atoms with Gasteiger partial charge in [0.2, 0.25) is 0 Å². The van der Waals surface area contributed by atoms with Crippen molar-refractivity contribution < 1.29 is 28.9 Å². The number of benzene rings is 2. The number of hydrogen-bond acceptors (Lipinski definition) is 6. The third kappa shape index (κ3) is 4.51. The molecular weight excluding hydrogens is 365 g/mol. The predicted octanol–water partition coefficient (Wildman–Crippen LogP) is 3.49. The van der Waals surface area contributed by atoms with Crippen LogP contribution in [0.25, 0.3) is 11.3 Å². The van der Waals surface area contributed by atoms with E-state index in [1.165, 1.54) is 37.4 Å². The Balaban J connectivity index is 1.89. The fourth-order valence-corrected chi connectivity index (χ4v) is 2.54. The number of pyridine rings is 1. The van der Waals surface area contributed by atoms with Crippen molar-refractivity contribution in [2.45, 2.75) is 6.10 Å². The molecule has 3 rings (SSSR count). The number of aliphatic hydroxyl groups is 2. The van der Waals surface area contributed by atoms with Crippen LogP contribution in [0.15, 0.2) is 60.7 Å². The largest absolute Gasteiger partial charge is 0.464 e. The van der Waals surface area contributed by atoms with Crippen LogP contribution in [-0.2, 0) is 4.74 Å². The van der Waals surface area contributed by atoms with Gasteiger partial charge in [-0.1, -0.05) is 0 Å². The molecule has 2 aromatic carbocycles. The molecule has 0 aliphatic carbocycles. The van der Waals surface area contributed by atoms with E-state index in [1.54, 1.807) is 30.3 Å². The van der Waals surface area contributed by atoms with Crippen LogP contribution in [0.3, 0.4) is 0 Å². The fourth-order valence-electron chi connectivity index (χ4n) is 2.54. The zero-order valence-corrected chi connectivity index (χ0v) is 15.0. The van der Waals surface area contributed by atoms with Gasteiger partial charge in [-0.3, -0.25) is 0 Å². The minimum absolute atomic E-state index is 0.0224. The molecule has 0 spiro atoms. The van der Waals surface area contributed by atoms with Gasteiger partial charge in [-0.2, -0.15) is 0 Å². The number of nitrogens with zero attached hydrogens (tertiary/aromatic N) is 1. The molecule has 0 unspecified atom stereocenters. The number of halogens is 1. The molecule has 28 heavy (non-hydrogen) atoms. The maximum atomic E-state index is 13.0. The van der Waals surface area contributed by atoms with E-state index in [-0.39, 0.29) is 11.5 Å². The lowest BCUT2D eigenvalue weighted by Crippen LogP contribution is -2.09. The maximum Gasteiger partial charge on any atom is 0.356 e. The molecule has 1 heterocycles. The van der Waals surface area contributed by atoms with Crippen LogP contribution in [0.4, 0.5) is 4.39 Å². The molecule has 0 amide bonds. The molecule has 0 bridgehead atoms. The average molecular weight is 383 g/mol. The molecule has 144 valence electrons. The molecule has 0 saturated carbocycles. The first-order valence-corrected chi connectivity index (χ1v) is 8.43. The van der Waals surface area contributed by atoms with Crippen molar-refractivity contribution in [1.29, 1.82) is 0 Å². The minimum Gasteiger partial charge on any atom is -0.464 e. The highest BCUT2D eigenvalue weighted by Crippen LogP contribution is 2.27. The summed E-state index contributed by atoms with van der Waals surface area (Å²) in [5, 5.41) is 19.1. The first kappa shape index (κ1) is 19.5. The second-order valence-corrected chi connectivity index (χ2v) is 5.94. The highest BCUT2D eigenvalue weighted by Gasteiger charge is 2.16. The molecule has 7 heteroatoms. The number of esters is 1. The Bertz CT molecular complexity index is 958. The highest BCUT2D eigenvalue weighted by atomic mass is 19.1. The van der Waals surface area contributed by atoms with Gasteiger partial charge in [-0.15, -0.1) is 0 Å². The Morgan fingerprint density at radius 1 is 1.07 bits per heavy atom. The van der Waals surface area contributed by atoms with Crippen LogP contribution in [0.2, 0.25) is 0 Å². The van der Waals surface area contributed by atoms with Gasteiger partial charge in [0.25, 0.3) is 0 Å². The minimum atomic E-state index is -1.15. The quantitative estimate of drug-likeness (QED) is 0.634. The third-order valence-electron chi connectivity index (χ3n) is 4.00. The first-order chi connectivity index (χ1) is 13.5. The van der Waals surface area contributed by atoms with Crippen LogP contribution in [0.5, 0.6) is 11.5 Å². The second-order valence-electron chi connectivity index (χ2n) is 5.94. The lowest BCUT2D eigenvalue weighted by Gasteiger charge is -2.12. The van der Waals surface area contributed by atoms with Crippen molar-refractivity contribution in [3.63, 3.8) is 0 Å². The number of carbonyl (C=O) groups is 1. The van der Waals surface area contributed by atoms with Gasteiger partial charge >= 0.3 is 5.97 Å². The summed E-state index contributed by atoms with van der Waals surface area (Å²) in [6.45, 7) is -0.492. The predicted molar refractivity (Wildman–Crippen MR) is 99.5 cm³/mol. The molecule has 3 aromatic rings. The number of carbonyl (C=O) groups excluding carboxylic acids is 1. The first-order valence-electron chi connectivity index (χ1n) is 8.43. The van der Waals surface area contributed by atoms with Gasteiger partial charge in [0.15, 0.2) is 0 Å². The number of rotatable bonds is 6. The van der Waals surface area contributed by atoms with Gasteiger partial charge in [0.1, 0.15) is 29.1 Å². The zero-order chi connectivity index (χ0) is 20.1. The Labute approximate surface area is 160 Å². The standard InChI is InChI=1S/C21H18FNO5/c1-27-21(26)19-11-14(20(25)12-24)10-18(23-19)13-2-6-16(7-3-13)28-17-8-4-15(22)5-9-17/h2-11,20,24-25H,12H2,1H3/t20-/m1/s1. The lowest BCUT2D eigenvalue weighted by atomic mass is 10.0. The normalized spacial score (nSPS) is 11.7. The van der Waals surface area contributed by atoms with E-state index in [1.807, 2.05) is 0 Å². The van der Waals surface area contributed by atoms with Crippen molar-refractivity contribution >= 4 is 5.97 Å². The van der Waals surface area contributed by atoms with Crippen LogP contribution in [0.1, 0.15) is 22.2 Å². The maximum absolute atomic E-state index is 13.0. The molecule has 0 aliphatic heterocycles. The van der Waals surface area contributed by atoms with Crippen LogP contribution in [-0.4, -0.2) is 34.9 Å². The monoisotopic (exact) mass is 383 g/mol. The summed E-state index contributed by atoms with van der Waals surface area (Å²) < 4.78 is 23.3. The molecule has 0 saturated heterocycles. The molecule has 1 aromatic heterocycles. The molecule has 0 radical (unpaired) electrons. The Morgan fingerprint density at radius 3 is 2.25 bits per heavy atom. The Hall–Kier alpha value is -3.29. The van der Waals surface area contributed by atoms with Crippen LogP contribution < -0.4 is 4.74 Å². The second kappa shape index (κ2) is 8.60. The third-order valence-corrected chi connectivity index (χ3v) is 4.00. The molecule has 6 nitrogen and oxygen atoms in total. The molecule has 2 N–H and O–H groups in total. The van der Waals surface area contributed by atoms with E-state index >= 15 is 0 Å². The van der Waals surface area contributed by atoms with E-state index in [4.69, 9.17) is 9.47 Å². The smallest absolute Gasteiger partial charge is 0.356 e. The van der Waals surface area contributed by atoms with Gasteiger partial charge in [-0.05, 0) is 66.2 Å². The molecule has 0 aliphatic rings. The molecular formula is C21H18FNO5. The topological polar surface area (TPSA) is 88.9 Å². The SMILES string of the molecule is COC(=O)c1cc([C@H](O)CO)cc(-c2ccc(Oc3ccc(F)cc3)cc2)n1. The van der Waals surface area contributed by atoms with Crippen LogP contribution in [0, 0.1) is 5.82 Å². The van der Waals surface area contributed by atoms with E-state index in [0.717, 1.165) is 0 Å². The molecule has 1 atom stereocenters. The summed E-state index contributed by atoms with van der Waals surface area (Å²) in [6.07, 6.45) is -1.15. The summed E-state index contributed by atoms with van der Waals surface area (Å²) in [5.74, 6) is 0.0352. The van der Waals surface area contributed by atoms with Gasteiger partial charge < -0.3 is 19.7 Å². The van der Waals surface area contributed by atoms with E-state index in [9.17, 15) is 19.4 Å². The van der Waals surface area contributed by atoms with Crippen LogP contribution >= 0.6 is 0 Å². The summed E-state index contributed by atoms with van der Waals surface area (Å²) in [5.41, 5.74) is 1.47. The van der Waals surface area contributed by atoms with Gasteiger partial charge in [0.05, 0.1) is 19.4 Å². The van der Waals surface area contributed by atoms with Gasteiger partial charge in [0, 0.05) is 5.56 Å². The van der Waals surface area contributed by atoms with Crippen molar-refractivity contribution in [2.24, 2.45) is 0 Å². The number of aromatic nitrogens is 1. The summed E-state index contributed by atoms with van der Waals surface area (Å²) in [7, 11) is 1.24.